The second-order valence-electron chi connectivity index (χ2n) is 4.01. The SMILES string of the molecule is CNCc1c(Oc2ccc(I)cc2)nc2sccn12. The zero-order valence-electron chi connectivity index (χ0n) is 10.3. The number of hydrogen-bond acceptors (Lipinski definition) is 4. The summed E-state index contributed by atoms with van der Waals surface area (Å²) in [6.07, 6.45) is 2.01. The Kier molecular flexibility index (Phi) is 3.72. The van der Waals surface area contributed by atoms with Gasteiger partial charge in [-0.25, -0.2) is 0 Å². The fourth-order valence-electron chi connectivity index (χ4n) is 1.84. The van der Waals surface area contributed by atoms with Gasteiger partial charge in [0, 0.05) is 21.7 Å². The molecule has 3 rings (SSSR count). The van der Waals surface area contributed by atoms with Gasteiger partial charge in [0.05, 0.1) is 0 Å². The molecule has 0 amide bonds. The van der Waals surface area contributed by atoms with E-state index < -0.39 is 0 Å². The average molecular weight is 385 g/mol. The quantitative estimate of drug-likeness (QED) is 0.699. The third-order valence-electron chi connectivity index (χ3n) is 2.70. The lowest BCUT2D eigenvalue weighted by atomic mass is 10.3. The van der Waals surface area contributed by atoms with E-state index >= 15 is 0 Å². The summed E-state index contributed by atoms with van der Waals surface area (Å²) in [7, 11) is 1.92. The normalized spacial score (nSPS) is 11.1. The van der Waals surface area contributed by atoms with E-state index in [2.05, 4.69) is 37.3 Å². The van der Waals surface area contributed by atoms with Crippen molar-refractivity contribution in [2.24, 2.45) is 0 Å². The summed E-state index contributed by atoms with van der Waals surface area (Å²) in [6, 6.07) is 7.95. The Bertz CT molecular complexity index is 690. The largest absolute Gasteiger partial charge is 0.437 e. The van der Waals surface area contributed by atoms with E-state index in [9.17, 15) is 0 Å². The standard InChI is InChI=1S/C13H12IN3OS/c1-15-8-11-12(16-13-17(11)6-7-19-13)18-10-4-2-9(14)3-5-10/h2-7,15H,8H2,1H3. The zero-order valence-corrected chi connectivity index (χ0v) is 13.2. The molecule has 0 aliphatic rings. The van der Waals surface area contributed by atoms with Gasteiger partial charge in [0.2, 0.25) is 5.88 Å². The van der Waals surface area contributed by atoms with Gasteiger partial charge in [0.15, 0.2) is 4.96 Å². The number of fused-ring (bicyclic) bond motifs is 1. The van der Waals surface area contributed by atoms with Crippen LogP contribution >= 0.6 is 33.9 Å². The molecule has 1 aromatic carbocycles. The van der Waals surface area contributed by atoms with Crippen LogP contribution in [0.25, 0.3) is 4.96 Å². The molecule has 0 aliphatic heterocycles. The molecule has 3 aromatic rings. The van der Waals surface area contributed by atoms with Crippen LogP contribution in [0.5, 0.6) is 11.6 Å². The van der Waals surface area contributed by atoms with E-state index in [-0.39, 0.29) is 0 Å². The first kappa shape index (κ1) is 12.9. The van der Waals surface area contributed by atoms with Crippen molar-refractivity contribution in [3.05, 3.63) is 45.1 Å². The lowest BCUT2D eigenvalue weighted by molar-refractivity contribution is 0.457. The lowest BCUT2D eigenvalue weighted by Crippen LogP contribution is -2.08. The Labute approximate surface area is 128 Å². The van der Waals surface area contributed by atoms with Crippen LogP contribution in [-0.2, 0) is 6.54 Å². The van der Waals surface area contributed by atoms with Gasteiger partial charge in [-0.1, -0.05) is 0 Å². The number of nitrogens with one attached hydrogen (secondary N) is 1. The molecule has 2 aromatic heterocycles. The van der Waals surface area contributed by atoms with Gasteiger partial charge in [-0.2, -0.15) is 4.98 Å². The van der Waals surface area contributed by atoms with E-state index in [1.54, 1.807) is 11.3 Å². The predicted molar refractivity (Wildman–Crippen MR) is 85.1 cm³/mol. The Morgan fingerprint density at radius 1 is 1.37 bits per heavy atom. The first-order valence-corrected chi connectivity index (χ1v) is 7.76. The Balaban J connectivity index is 1.97. The average Bonchev–Trinajstić information content (AvgIpc) is 2.96. The molecule has 0 fully saturated rings. The maximum absolute atomic E-state index is 5.89. The van der Waals surface area contributed by atoms with Crippen LogP contribution in [0.1, 0.15) is 5.69 Å². The van der Waals surface area contributed by atoms with Crippen molar-refractivity contribution in [2.45, 2.75) is 6.54 Å². The molecule has 19 heavy (non-hydrogen) atoms. The Morgan fingerprint density at radius 3 is 2.89 bits per heavy atom. The van der Waals surface area contributed by atoms with Crippen molar-refractivity contribution in [2.75, 3.05) is 7.05 Å². The highest BCUT2D eigenvalue weighted by Gasteiger charge is 2.14. The number of hydrogen-bond donors (Lipinski definition) is 1. The molecular weight excluding hydrogens is 373 g/mol. The second-order valence-corrected chi connectivity index (χ2v) is 6.12. The molecule has 98 valence electrons. The highest BCUT2D eigenvalue weighted by atomic mass is 127. The molecule has 1 N–H and O–H groups in total. The van der Waals surface area contributed by atoms with E-state index in [0.717, 1.165) is 22.9 Å². The van der Waals surface area contributed by atoms with Crippen molar-refractivity contribution >= 4 is 38.9 Å². The van der Waals surface area contributed by atoms with Gasteiger partial charge in [0.25, 0.3) is 0 Å². The fraction of sp³-hybridized carbons (Fsp3) is 0.154. The van der Waals surface area contributed by atoms with Gasteiger partial charge in [-0.05, 0) is 53.9 Å². The lowest BCUT2D eigenvalue weighted by Gasteiger charge is -2.05. The Hall–Kier alpha value is -1.12. The van der Waals surface area contributed by atoms with Crippen LogP contribution in [-0.4, -0.2) is 16.4 Å². The molecule has 0 aliphatic carbocycles. The highest BCUT2D eigenvalue weighted by Crippen LogP contribution is 2.28. The van der Waals surface area contributed by atoms with Crippen LogP contribution in [0.2, 0.25) is 0 Å². The fourth-order valence-corrected chi connectivity index (χ4v) is 2.92. The number of benzene rings is 1. The van der Waals surface area contributed by atoms with Crippen LogP contribution in [0, 0.1) is 3.57 Å². The van der Waals surface area contributed by atoms with Gasteiger partial charge in [-0.3, -0.25) is 4.40 Å². The van der Waals surface area contributed by atoms with Crippen molar-refractivity contribution < 1.29 is 4.74 Å². The second kappa shape index (κ2) is 5.48. The summed E-state index contributed by atoms with van der Waals surface area (Å²) in [5.74, 6) is 1.48. The number of imidazole rings is 1. The first-order valence-electron chi connectivity index (χ1n) is 5.80. The maximum Gasteiger partial charge on any atom is 0.243 e. The molecular formula is C13H12IN3OS. The predicted octanol–water partition coefficient (Wildman–Crippen LogP) is 3.51. The third kappa shape index (κ3) is 2.60. The summed E-state index contributed by atoms with van der Waals surface area (Å²) in [6.45, 7) is 0.720. The summed E-state index contributed by atoms with van der Waals surface area (Å²) < 4.78 is 9.14. The number of halogens is 1. The minimum absolute atomic E-state index is 0.669. The van der Waals surface area contributed by atoms with E-state index in [0.29, 0.717) is 5.88 Å². The van der Waals surface area contributed by atoms with E-state index in [4.69, 9.17) is 4.74 Å². The summed E-state index contributed by atoms with van der Waals surface area (Å²) in [5, 5.41) is 5.17. The number of nitrogens with zero attached hydrogens (tertiary/aromatic N) is 2. The maximum atomic E-state index is 5.89. The van der Waals surface area contributed by atoms with Crippen LogP contribution < -0.4 is 10.1 Å². The van der Waals surface area contributed by atoms with E-state index in [1.807, 2.05) is 42.9 Å². The highest BCUT2D eigenvalue weighted by molar-refractivity contribution is 14.1. The topological polar surface area (TPSA) is 38.6 Å². The molecule has 2 heterocycles. The minimum atomic E-state index is 0.669. The smallest absolute Gasteiger partial charge is 0.243 e. The van der Waals surface area contributed by atoms with Crippen molar-refractivity contribution in [1.29, 1.82) is 0 Å². The summed E-state index contributed by atoms with van der Waals surface area (Å²) >= 11 is 3.88. The number of aromatic nitrogens is 2. The molecule has 0 radical (unpaired) electrons. The number of thiazole rings is 1. The van der Waals surface area contributed by atoms with Crippen molar-refractivity contribution in [3.63, 3.8) is 0 Å². The van der Waals surface area contributed by atoms with Gasteiger partial charge in [0.1, 0.15) is 11.4 Å². The molecule has 0 saturated carbocycles. The van der Waals surface area contributed by atoms with Gasteiger partial charge < -0.3 is 10.1 Å². The molecule has 0 unspecified atom stereocenters. The molecule has 0 spiro atoms. The zero-order chi connectivity index (χ0) is 13.2. The summed E-state index contributed by atoms with van der Waals surface area (Å²) in [5.41, 5.74) is 1.04. The minimum Gasteiger partial charge on any atom is -0.437 e. The first-order chi connectivity index (χ1) is 9.28. The molecule has 4 nitrogen and oxygen atoms in total. The van der Waals surface area contributed by atoms with Gasteiger partial charge in [-0.15, -0.1) is 11.3 Å². The van der Waals surface area contributed by atoms with Gasteiger partial charge >= 0.3 is 0 Å². The summed E-state index contributed by atoms with van der Waals surface area (Å²) in [4.78, 5) is 5.48. The van der Waals surface area contributed by atoms with Crippen LogP contribution in [0.15, 0.2) is 35.8 Å². The number of rotatable bonds is 4. The third-order valence-corrected chi connectivity index (χ3v) is 4.17. The number of ether oxygens (including phenoxy) is 1. The molecule has 0 bridgehead atoms. The monoisotopic (exact) mass is 385 g/mol. The Morgan fingerprint density at radius 2 is 2.16 bits per heavy atom. The van der Waals surface area contributed by atoms with E-state index in [1.165, 1.54) is 3.57 Å². The van der Waals surface area contributed by atoms with Crippen LogP contribution in [0.4, 0.5) is 0 Å². The molecule has 0 saturated heterocycles. The van der Waals surface area contributed by atoms with Crippen LogP contribution in [0.3, 0.4) is 0 Å². The molecule has 6 heteroatoms. The van der Waals surface area contributed by atoms with Crippen molar-refractivity contribution in [3.8, 4) is 11.6 Å². The van der Waals surface area contributed by atoms with Crippen molar-refractivity contribution in [1.82, 2.24) is 14.7 Å². The molecule has 0 atom stereocenters.